The van der Waals surface area contributed by atoms with E-state index >= 15 is 0 Å². The Morgan fingerprint density at radius 3 is 2.69 bits per heavy atom. The zero-order valence-electron chi connectivity index (χ0n) is 8.46. The maximum atomic E-state index is 8.89. The van der Waals surface area contributed by atoms with Crippen LogP contribution in [0.1, 0.15) is 39.0 Å². The van der Waals surface area contributed by atoms with Crippen LogP contribution in [0.2, 0.25) is 0 Å². The van der Waals surface area contributed by atoms with Gasteiger partial charge < -0.3 is 15.6 Å². The van der Waals surface area contributed by atoms with Crippen molar-refractivity contribution >= 4 is 0 Å². The summed E-state index contributed by atoms with van der Waals surface area (Å²) in [6.07, 6.45) is 6.05. The molecular weight excluding hydrogens is 166 g/mol. The smallest absolute Gasteiger partial charge is 0.0608 e. The van der Waals surface area contributed by atoms with Gasteiger partial charge in [0.15, 0.2) is 0 Å². The second kappa shape index (κ2) is 4.94. The summed E-state index contributed by atoms with van der Waals surface area (Å²) in [5.74, 6) is 0. The molecule has 1 unspecified atom stereocenters. The fraction of sp³-hybridized carbons (Fsp3) is 1.00. The Morgan fingerprint density at radius 2 is 2.23 bits per heavy atom. The molecule has 0 radical (unpaired) electrons. The lowest BCUT2D eigenvalue weighted by atomic mass is 9.96. The molecule has 3 nitrogen and oxygen atoms in total. The Hall–Kier alpha value is -0.120. The molecule has 1 fully saturated rings. The van der Waals surface area contributed by atoms with Crippen LogP contribution in [0.15, 0.2) is 0 Å². The van der Waals surface area contributed by atoms with Crippen LogP contribution in [0.25, 0.3) is 0 Å². The summed E-state index contributed by atoms with van der Waals surface area (Å²) in [4.78, 5) is 0. The number of nitrogens with two attached hydrogens (primary N) is 1. The molecule has 1 aliphatic rings. The highest BCUT2D eigenvalue weighted by Crippen LogP contribution is 2.22. The second-order valence-electron chi connectivity index (χ2n) is 4.34. The average molecular weight is 187 g/mol. The molecule has 1 saturated carbocycles. The fourth-order valence-corrected chi connectivity index (χ4v) is 1.34. The minimum absolute atomic E-state index is 0.0520. The van der Waals surface area contributed by atoms with Gasteiger partial charge in [-0.1, -0.05) is 0 Å². The molecule has 78 valence electrons. The van der Waals surface area contributed by atoms with Crippen molar-refractivity contribution in [1.82, 2.24) is 0 Å². The molecule has 0 aromatic rings. The summed E-state index contributed by atoms with van der Waals surface area (Å²) in [6, 6.07) is 0. The highest BCUT2D eigenvalue weighted by Gasteiger charge is 2.19. The molecule has 0 spiro atoms. The van der Waals surface area contributed by atoms with Crippen LogP contribution >= 0.6 is 0 Å². The lowest BCUT2D eigenvalue weighted by Gasteiger charge is -2.26. The van der Waals surface area contributed by atoms with Crippen molar-refractivity contribution in [2.45, 2.75) is 50.7 Å². The molecule has 0 aliphatic heterocycles. The standard InChI is InChI=1S/C10H21NO2/c1-10(11,8-12)6-3-7-13-9-4-2-5-9/h9,12H,2-8,11H2,1H3. The predicted molar refractivity (Wildman–Crippen MR) is 52.5 cm³/mol. The summed E-state index contributed by atoms with van der Waals surface area (Å²) >= 11 is 0. The minimum atomic E-state index is -0.428. The lowest BCUT2D eigenvalue weighted by molar-refractivity contribution is -0.00163. The Balaban J connectivity index is 1.93. The van der Waals surface area contributed by atoms with Gasteiger partial charge in [0.05, 0.1) is 12.7 Å². The fourth-order valence-electron chi connectivity index (χ4n) is 1.34. The molecule has 3 heteroatoms. The zero-order valence-corrected chi connectivity index (χ0v) is 8.46. The van der Waals surface area contributed by atoms with Crippen molar-refractivity contribution in [3.63, 3.8) is 0 Å². The molecule has 13 heavy (non-hydrogen) atoms. The molecule has 0 heterocycles. The van der Waals surface area contributed by atoms with Crippen LogP contribution < -0.4 is 5.73 Å². The predicted octanol–water partition coefficient (Wildman–Crippen LogP) is 1.05. The number of aliphatic hydroxyl groups excluding tert-OH is 1. The van der Waals surface area contributed by atoms with Gasteiger partial charge in [0.25, 0.3) is 0 Å². The van der Waals surface area contributed by atoms with Gasteiger partial charge in [0.1, 0.15) is 0 Å². The van der Waals surface area contributed by atoms with Crippen LogP contribution in [0, 0.1) is 0 Å². The maximum Gasteiger partial charge on any atom is 0.0608 e. The SMILES string of the molecule is CC(N)(CO)CCCOC1CCC1. The van der Waals surface area contributed by atoms with Gasteiger partial charge in [-0.05, 0) is 39.0 Å². The Bertz CT molecular complexity index is 144. The quantitative estimate of drug-likeness (QED) is 0.611. The molecular formula is C10H21NO2. The lowest BCUT2D eigenvalue weighted by Crippen LogP contribution is -2.40. The number of hydrogen-bond donors (Lipinski definition) is 2. The first-order chi connectivity index (χ1) is 6.14. The summed E-state index contributed by atoms with van der Waals surface area (Å²) < 4.78 is 5.58. The van der Waals surface area contributed by atoms with E-state index in [1.54, 1.807) is 0 Å². The first kappa shape index (κ1) is 11.0. The van der Waals surface area contributed by atoms with Gasteiger partial charge in [0.2, 0.25) is 0 Å². The summed E-state index contributed by atoms with van der Waals surface area (Å²) in [5.41, 5.74) is 5.35. The summed E-state index contributed by atoms with van der Waals surface area (Å²) in [6.45, 7) is 2.71. The van der Waals surface area contributed by atoms with Crippen LogP contribution in [-0.2, 0) is 4.74 Å². The minimum Gasteiger partial charge on any atom is -0.394 e. The number of hydrogen-bond acceptors (Lipinski definition) is 3. The van der Waals surface area contributed by atoms with Gasteiger partial charge in [-0.2, -0.15) is 0 Å². The third-order valence-electron chi connectivity index (χ3n) is 2.66. The highest BCUT2D eigenvalue weighted by molar-refractivity contribution is 4.77. The number of aliphatic hydroxyl groups is 1. The van der Waals surface area contributed by atoms with E-state index in [9.17, 15) is 0 Å². The molecule has 0 bridgehead atoms. The van der Waals surface area contributed by atoms with Gasteiger partial charge in [-0.25, -0.2) is 0 Å². The molecule has 1 rings (SSSR count). The van der Waals surface area contributed by atoms with Crippen molar-refractivity contribution in [1.29, 1.82) is 0 Å². The molecule has 0 aromatic carbocycles. The summed E-state index contributed by atoms with van der Waals surface area (Å²) in [7, 11) is 0. The van der Waals surface area contributed by atoms with Crippen LogP contribution in [-0.4, -0.2) is 30.0 Å². The molecule has 1 aliphatic carbocycles. The van der Waals surface area contributed by atoms with Crippen molar-refractivity contribution < 1.29 is 9.84 Å². The van der Waals surface area contributed by atoms with Crippen LogP contribution in [0.4, 0.5) is 0 Å². The van der Waals surface area contributed by atoms with E-state index in [-0.39, 0.29) is 6.61 Å². The molecule has 0 aromatic heterocycles. The van der Waals surface area contributed by atoms with E-state index in [2.05, 4.69) is 0 Å². The largest absolute Gasteiger partial charge is 0.394 e. The van der Waals surface area contributed by atoms with Gasteiger partial charge in [0, 0.05) is 12.1 Å². The molecule has 3 N–H and O–H groups in total. The first-order valence-electron chi connectivity index (χ1n) is 5.15. The molecule has 1 atom stereocenters. The topological polar surface area (TPSA) is 55.5 Å². The maximum absolute atomic E-state index is 8.89. The number of rotatable bonds is 6. The Labute approximate surface area is 80.3 Å². The van der Waals surface area contributed by atoms with Gasteiger partial charge in [-0.3, -0.25) is 0 Å². The zero-order chi connectivity index (χ0) is 9.73. The Morgan fingerprint density at radius 1 is 1.54 bits per heavy atom. The Kier molecular flexibility index (Phi) is 4.16. The third kappa shape index (κ3) is 4.07. The van der Waals surface area contributed by atoms with E-state index in [0.29, 0.717) is 6.10 Å². The summed E-state index contributed by atoms with van der Waals surface area (Å²) in [5, 5.41) is 8.89. The number of ether oxygens (including phenoxy) is 1. The van der Waals surface area contributed by atoms with E-state index in [0.717, 1.165) is 19.4 Å². The molecule has 0 saturated heterocycles. The second-order valence-corrected chi connectivity index (χ2v) is 4.34. The van der Waals surface area contributed by atoms with E-state index in [4.69, 9.17) is 15.6 Å². The van der Waals surface area contributed by atoms with Crippen molar-refractivity contribution in [3.8, 4) is 0 Å². The van der Waals surface area contributed by atoms with Crippen molar-refractivity contribution in [2.24, 2.45) is 5.73 Å². The monoisotopic (exact) mass is 187 g/mol. The third-order valence-corrected chi connectivity index (χ3v) is 2.66. The van der Waals surface area contributed by atoms with E-state index in [1.807, 2.05) is 6.92 Å². The van der Waals surface area contributed by atoms with Crippen molar-refractivity contribution in [3.05, 3.63) is 0 Å². The van der Waals surface area contributed by atoms with E-state index in [1.165, 1.54) is 19.3 Å². The van der Waals surface area contributed by atoms with Crippen molar-refractivity contribution in [2.75, 3.05) is 13.2 Å². The average Bonchev–Trinajstić information content (AvgIpc) is 2.01. The normalized spacial score (nSPS) is 22.4. The van der Waals surface area contributed by atoms with Crippen LogP contribution in [0.3, 0.4) is 0 Å². The highest BCUT2D eigenvalue weighted by atomic mass is 16.5. The first-order valence-corrected chi connectivity index (χ1v) is 5.15. The van der Waals surface area contributed by atoms with Gasteiger partial charge in [-0.15, -0.1) is 0 Å². The van der Waals surface area contributed by atoms with Crippen LogP contribution in [0.5, 0.6) is 0 Å². The van der Waals surface area contributed by atoms with E-state index < -0.39 is 5.54 Å². The van der Waals surface area contributed by atoms with Gasteiger partial charge >= 0.3 is 0 Å². The molecule has 0 amide bonds.